The summed E-state index contributed by atoms with van der Waals surface area (Å²) in [6.07, 6.45) is 2.65. The Labute approximate surface area is 131 Å². The van der Waals surface area contributed by atoms with E-state index < -0.39 is 0 Å². The highest BCUT2D eigenvalue weighted by molar-refractivity contribution is 7.97. The number of imidazole rings is 1. The first-order valence-corrected chi connectivity index (χ1v) is 8.70. The van der Waals surface area contributed by atoms with E-state index >= 15 is 0 Å². The fourth-order valence-corrected chi connectivity index (χ4v) is 4.02. The molecule has 3 rings (SSSR count). The predicted octanol–water partition coefficient (Wildman–Crippen LogP) is 4.46. The highest BCUT2D eigenvalue weighted by Gasteiger charge is 2.22. The van der Waals surface area contributed by atoms with E-state index in [1.165, 1.54) is 42.2 Å². The van der Waals surface area contributed by atoms with Gasteiger partial charge in [0.2, 0.25) is 0 Å². The van der Waals surface area contributed by atoms with Crippen LogP contribution in [0.15, 0.2) is 23.1 Å². The van der Waals surface area contributed by atoms with Gasteiger partial charge in [0, 0.05) is 29.9 Å². The standard InChI is InChI=1S/C17H25N3S/c1-5-20-15-9-8-13(21-19-10-6-7-11-19)12-14(15)18-16(20)17(2,3)4/h8-9,12H,5-7,10-11H2,1-4H3. The molecule has 0 saturated carbocycles. The minimum absolute atomic E-state index is 0.0806. The lowest BCUT2D eigenvalue weighted by Gasteiger charge is -2.19. The van der Waals surface area contributed by atoms with Crippen LogP contribution in [0.5, 0.6) is 0 Å². The van der Waals surface area contributed by atoms with Crippen molar-refractivity contribution in [3.05, 3.63) is 24.0 Å². The van der Waals surface area contributed by atoms with Gasteiger partial charge in [-0.25, -0.2) is 9.29 Å². The minimum atomic E-state index is 0.0806. The van der Waals surface area contributed by atoms with Crippen molar-refractivity contribution in [2.45, 2.75) is 57.4 Å². The van der Waals surface area contributed by atoms with E-state index in [0.717, 1.165) is 12.1 Å². The Morgan fingerprint density at radius 3 is 2.52 bits per heavy atom. The second-order valence-corrected chi connectivity index (χ2v) is 7.98. The summed E-state index contributed by atoms with van der Waals surface area (Å²) in [5.41, 5.74) is 2.47. The molecule has 2 aromatic rings. The zero-order valence-corrected chi connectivity index (χ0v) is 14.3. The van der Waals surface area contributed by atoms with Crippen molar-refractivity contribution in [3.8, 4) is 0 Å². The monoisotopic (exact) mass is 303 g/mol. The van der Waals surface area contributed by atoms with Gasteiger partial charge in [-0.1, -0.05) is 20.8 Å². The maximum atomic E-state index is 4.92. The van der Waals surface area contributed by atoms with Crippen LogP contribution in [0, 0.1) is 0 Å². The summed E-state index contributed by atoms with van der Waals surface area (Å²) in [5, 5.41) is 0. The normalized spacial score (nSPS) is 17.0. The van der Waals surface area contributed by atoms with Crippen molar-refractivity contribution in [2.75, 3.05) is 13.1 Å². The Hall–Kier alpha value is -1.00. The zero-order valence-electron chi connectivity index (χ0n) is 13.5. The molecule has 1 fully saturated rings. The second kappa shape index (κ2) is 5.65. The third-order valence-corrected chi connectivity index (χ3v) is 5.09. The van der Waals surface area contributed by atoms with E-state index in [1.807, 2.05) is 11.9 Å². The molecule has 1 aliphatic rings. The number of hydrogen-bond donors (Lipinski definition) is 0. The highest BCUT2D eigenvalue weighted by Crippen LogP contribution is 2.31. The fraction of sp³-hybridized carbons (Fsp3) is 0.588. The number of hydrogen-bond acceptors (Lipinski definition) is 3. The molecule has 0 unspecified atom stereocenters. The summed E-state index contributed by atoms with van der Waals surface area (Å²) >= 11 is 1.88. The molecule has 0 aliphatic carbocycles. The topological polar surface area (TPSA) is 21.1 Å². The quantitative estimate of drug-likeness (QED) is 0.781. The van der Waals surface area contributed by atoms with Crippen molar-refractivity contribution in [2.24, 2.45) is 0 Å². The van der Waals surface area contributed by atoms with Gasteiger partial charge in [-0.05, 0) is 49.9 Å². The van der Waals surface area contributed by atoms with Crippen molar-refractivity contribution in [1.82, 2.24) is 13.9 Å². The molecule has 1 saturated heterocycles. The Balaban J connectivity index is 1.97. The summed E-state index contributed by atoms with van der Waals surface area (Å²) in [6, 6.07) is 6.73. The van der Waals surface area contributed by atoms with Crippen molar-refractivity contribution < 1.29 is 0 Å². The summed E-state index contributed by atoms with van der Waals surface area (Å²) in [6.45, 7) is 12.3. The molecule has 0 amide bonds. The first kappa shape index (κ1) is 14.9. The van der Waals surface area contributed by atoms with Crippen LogP contribution in [0.1, 0.15) is 46.4 Å². The van der Waals surface area contributed by atoms with Crippen LogP contribution in [0.2, 0.25) is 0 Å². The highest BCUT2D eigenvalue weighted by atomic mass is 32.2. The Morgan fingerprint density at radius 2 is 1.90 bits per heavy atom. The molecule has 114 valence electrons. The number of aryl methyl sites for hydroxylation is 1. The van der Waals surface area contributed by atoms with E-state index in [1.54, 1.807) is 0 Å². The molecule has 2 heterocycles. The van der Waals surface area contributed by atoms with Gasteiger partial charge < -0.3 is 4.57 Å². The summed E-state index contributed by atoms with van der Waals surface area (Å²) < 4.78 is 4.81. The second-order valence-electron chi connectivity index (χ2n) is 6.81. The van der Waals surface area contributed by atoms with Gasteiger partial charge in [0.1, 0.15) is 5.82 Å². The molecule has 0 radical (unpaired) electrons. The maximum Gasteiger partial charge on any atom is 0.115 e. The number of rotatable bonds is 3. The third kappa shape index (κ3) is 2.97. The Kier molecular flexibility index (Phi) is 4.02. The lowest BCUT2D eigenvalue weighted by atomic mass is 9.96. The molecular weight excluding hydrogens is 278 g/mol. The van der Waals surface area contributed by atoms with Crippen molar-refractivity contribution in [3.63, 3.8) is 0 Å². The van der Waals surface area contributed by atoms with Crippen LogP contribution in [-0.2, 0) is 12.0 Å². The van der Waals surface area contributed by atoms with E-state index in [-0.39, 0.29) is 5.41 Å². The average Bonchev–Trinajstić information content (AvgIpc) is 3.04. The number of fused-ring (bicyclic) bond motifs is 1. The van der Waals surface area contributed by atoms with Gasteiger partial charge in [0.05, 0.1) is 11.0 Å². The lowest BCUT2D eigenvalue weighted by molar-refractivity contribution is 0.512. The first-order chi connectivity index (χ1) is 9.99. The summed E-state index contributed by atoms with van der Waals surface area (Å²) in [7, 11) is 0. The van der Waals surface area contributed by atoms with Crippen LogP contribution in [-0.4, -0.2) is 26.9 Å². The molecule has 0 spiro atoms. The van der Waals surface area contributed by atoms with Crippen LogP contribution in [0.3, 0.4) is 0 Å². The predicted molar refractivity (Wildman–Crippen MR) is 90.8 cm³/mol. The largest absolute Gasteiger partial charge is 0.328 e. The van der Waals surface area contributed by atoms with Crippen LogP contribution >= 0.6 is 11.9 Å². The van der Waals surface area contributed by atoms with Gasteiger partial charge in [0.25, 0.3) is 0 Å². The Morgan fingerprint density at radius 1 is 1.19 bits per heavy atom. The molecule has 0 N–H and O–H groups in total. The molecule has 4 heteroatoms. The van der Waals surface area contributed by atoms with Gasteiger partial charge in [-0.2, -0.15) is 0 Å². The number of aromatic nitrogens is 2. The van der Waals surface area contributed by atoms with Crippen LogP contribution in [0.4, 0.5) is 0 Å². The van der Waals surface area contributed by atoms with Gasteiger partial charge in [-0.3, -0.25) is 0 Å². The van der Waals surface area contributed by atoms with E-state index in [4.69, 9.17) is 4.98 Å². The Bertz CT molecular complexity index is 633. The van der Waals surface area contributed by atoms with E-state index in [9.17, 15) is 0 Å². The molecule has 3 nitrogen and oxygen atoms in total. The number of benzene rings is 1. The molecule has 0 bridgehead atoms. The van der Waals surface area contributed by atoms with Gasteiger partial charge in [0.15, 0.2) is 0 Å². The van der Waals surface area contributed by atoms with Gasteiger partial charge in [-0.15, -0.1) is 0 Å². The van der Waals surface area contributed by atoms with Crippen molar-refractivity contribution in [1.29, 1.82) is 0 Å². The third-order valence-electron chi connectivity index (χ3n) is 4.01. The van der Waals surface area contributed by atoms with Crippen molar-refractivity contribution >= 4 is 23.0 Å². The van der Waals surface area contributed by atoms with Crippen LogP contribution < -0.4 is 0 Å². The van der Waals surface area contributed by atoms with Crippen LogP contribution in [0.25, 0.3) is 11.0 Å². The lowest BCUT2D eigenvalue weighted by Crippen LogP contribution is -2.18. The summed E-state index contributed by atoms with van der Waals surface area (Å²) in [5.74, 6) is 1.18. The molecule has 0 atom stereocenters. The molecule has 1 aromatic heterocycles. The van der Waals surface area contributed by atoms with Gasteiger partial charge >= 0.3 is 0 Å². The van der Waals surface area contributed by atoms with E-state index in [0.29, 0.717) is 0 Å². The first-order valence-electron chi connectivity index (χ1n) is 7.92. The summed E-state index contributed by atoms with van der Waals surface area (Å²) in [4.78, 5) is 6.23. The maximum absolute atomic E-state index is 4.92. The zero-order chi connectivity index (χ0) is 15.0. The molecule has 1 aliphatic heterocycles. The number of nitrogens with zero attached hydrogens (tertiary/aromatic N) is 3. The SMILES string of the molecule is CCn1c(C(C)(C)C)nc2cc(SN3CCCC3)ccc21. The average molecular weight is 303 g/mol. The minimum Gasteiger partial charge on any atom is -0.328 e. The molecule has 21 heavy (non-hydrogen) atoms. The van der Waals surface area contributed by atoms with E-state index in [2.05, 4.69) is 54.8 Å². The molecular formula is C17H25N3S. The molecule has 1 aromatic carbocycles. The smallest absolute Gasteiger partial charge is 0.115 e. The fourth-order valence-electron chi connectivity index (χ4n) is 2.99.